The standard InChI is InChI=1S/C20H24ClNO3/c1-5-14-10-8-9-13(4)18(14)22-20(23)15-11-16(21)19(25-7-3)17(12-15)24-6-2/h8-12H,5-7H2,1-4H3,(H,22,23). The molecule has 0 fully saturated rings. The maximum atomic E-state index is 12.7. The highest BCUT2D eigenvalue weighted by Gasteiger charge is 2.17. The first-order chi connectivity index (χ1) is 12.0. The van der Waals surface area contributed by atoms with Gasteiger partial charge in [0.15, 0.2) is 11.5 Å². The number of hydrogen-bond donors (Lipinski definition) is 1. The van der Waals surface area contributed by atoms with Crippen molar-refractivity contribution in [3.63, 3.8) is 0 Å². The fourth-order valence-corrected chi connectivity index (χ4v) is 2.90. The number of anilines is 1. The average molecular weight is 362 g/mol. The first-order valence-corrected chi connectivity index (χ1v) is 8.88. The Hall–Kier alpha value is -2.20. The van der Waals surface area contributed by atoms with Crippen LogP contribution in [0.15, 0.2) is 30.3 Å². The van der Waals surface area contributed by atoms with E-state index in [1.165, 1.54) is 0 Å². The van der Waals surface area contributed by atoms with Crippen LogP contribution in [-0.4, -0.2) is 19.1 Å². The van der Waals surface area contributed by atoms with Crippen molar-refractivity contribution in [1.82, 2.24) is 0 Å². The van der Waals surface area contributed by atoms with Gasteiger partial charge in [-0.15, -0.1) is 0 Å². The second-order valence-electron chi connectivity index (χ2n) is 5.57. The average Bonchev–Trinajstić information content (AvgIpc) is 2.59. The fraction of sp³-hybridized carbons (Fsp3) is 0.350. The number of nitrogens with one attached hydrogen (secondary N) is 1. The molecule has 0 aromatic heterocycles. The van der Waals surface area contributed by atoms with Crippen molar-refractivity contribution in [3.8, 4) is 11.5 Å². The molecule has 0 aliphatic carbocycles. The van der Waals surface area contributed by atoms with Crippen molar-refractivity contribution in [3.05, 3.63) is 52.0 Å². The molecule has 0 bridgehead atoms. The maximum Gasteiger partial charge on any atom is 0.255 e. The topological polar surface area (TPSA) is 47.6 Å². The summed E-state index contributed by atoms with van der Waals surface area (Å²) in [6.07, 6.45) is 0.839. The predicted octanol–water partition coefficient (Wildman–Crippen LogP) is 5.26. The molecule has 0 saturated heterocycles. The summed E-state index contributed by atoms with van der Waals surface area (Å²) in [4.78, 5) is 12.7. The normalized spacial score (nSPS) is 10.4. The van der Waals surface area contributed by atoms with Crippen molar-refractivity contribution >= 4 is 23.2 Å². The largest absolute Gasteiger partial charge is 0.490 e. The highest BCUT2D eigenvalue weighted by atomic mass is 35.5. The minimum atomic E-state index is -0.227. The van der Waals surface area contributed by atoms with Crippen LogP contribution >= 0.6 is 11.6 Å². The molecule has 134 valence electrons. The van der Waals surface area contributed by atoms with Crippen molar-refractivity contribution in [2.45, 2.75) is 34.1 Å². The van der Waals surface area contributed by atoms with Crippen LogP contribution < -0.4 is 14.8 Å². The van der Waals surface area contributed by atoms with E-state index < -0.39 is 0 Å². The van der Waals surface area contributed by atoms with E-state index in [4.69, 9.17) is 21.1 Å². The van der Waals surface area contributed by atoms with Crippen LogP contribution in [0.5, 0.6) is 11.5 Å². The molecule has 0 aliphatic rings. The summed E-state index contributed by atoms with van der Waals surface area (Å²) >= 11 is 6.30. The van der Waals surface area contributed by atoms with Gasteiger partial charge in [0.05, 0.1) is 18.2 Å². The Balaban J connectivity index is 2.37. The molecule has 0 unspecified atom stereocenters. The van der Waals surface area contributed by atoms with E-state index in [1.807, 2.05) is 39.0 Å². The zero-order chi connectivity index (χ0) is 18.4. The third-order valence-corrected chi connectivity index (χ3v) is 4.12. The number of halogens is 1. The van der Waals surface area contributed by atoms with E-state index in [9.17, 15) is 4.79 Å². The lowest BCUT2D eigenvalue weighted by atomic mass is 10.1. The van der Waals surface area contributed by atoms with Gasteiger partial charge in [0, 0.05) is 11.3 Å². The van der Waals surface area contributed by atoms with Crippen LogP contribution in [0.25, 0.3) is 0 Å². The summed E-state index contributed by atoms with van der Waals surface area (Å²) < 4.78 is 11.1. The zero-order valence-electron chi connectivity index (χ0n) is 15.1. The van der Waals surface area contributed by atoms with Crippen molar-refractivity contribution in [2.75, 3.05) is 18.5 Å². The molecule has 1 amide bonds. The molecule has 0 aliphatic heterocycles. The number of amides is 1. The molecule has 0 heterocycles. The van der Waals surface area contributed by atoms with Gasteiger partial charge in [-0.3, -0.25) is 4.79 Å². The summed E-state index contributed by atoms with van der Waals surface area (Å²) in [6.45, 7) is 8.71. The Bertz CT molecular complexity index is 759. The Kier molecular flexibility index (Phi) is 6.71. The lowest BCUT2D eigenvalue weighted by Crippen LogP contribution is -2.15. The van der Waals surface area contributed by atoms with Crippen LogP contribution in [0.4, 0.5) is 5.69 Å². The van der Waals surface area contributed by atoms with Gasteiger partial charge in [-0.2, -0.15) is 0 Å². The van der Waals surface area contributed by atoms with Gasteiger partial charge in [-0.05, 0) is 50.5 Å². The Morgan fingerprint density at radius 1 is 1.12 bits per heavy atom. The highest BCUT2D eigenvalue weighted by Crippen LogP contribution is 2.37. The van der Waals surface area contributed by atoms with Gasteiger partial charge >= 0.3 is 0 Å². The van der Waals surface area contributed by atoms with E-state index in [-0.39, 0.29) is 5.91 Å². The second-order valence-corrected chi connectivity index (χ2v) is 5.98. The molecule has 2 rings (SSSR count). The van der Waals surface area contributed by atoms with Gasteiger partial charge in [0.25, 0.3) is 5.91 Å². The van der Waals surface area contributed by atoms with E-state index in [0.717, 1.165) is 23.2 Å². The quantitative estimate of drug-likeness (QED) is 0.731. The highest BCUT2D eigenvalue weighted by molar-refractivity contribution is 6.32. The molecule has 0 saturated carbocycles. The van der Waals surface area contributed by atoms with Gasteiger partial charge < -0.3 is 14.8 Å². The molecule has 0 spiro atoms. The van der Waals surface area contributed by atoms with Gasteiger partial charge in [-0.1, -0.05) is 36.7 Å². The number of carbonyl (C=O) groups is 1. The molecule has 0 radical (unpaired) electrons. The minimum Gasteiger partial charge on any atom is -0.490 e. The van der Waals surface area contributed by atoms with Crippen LogP contribution in [0.1, 0.15) is 42.3 Å². The first-order valence-electron chi connectivity index (χ1n) is 8.50. The van der Waals surface area contributed by atoms with Gasteiger partial charge in [-0.25, -0.2) is 0 Å². The number of ether oxygens (including phenoxy) is 2. The number of para-hydroxylation sites is 1. The first kappa shape index (κ1) is 19.1. The number of aryl methyl sites for hydroxylation is 2. The SMILES string of the molecule is CCOc1cc(C(=O)Nc2c(C)cccc2CC)cc(Cl)c1OCC. The Morgan fingerprint density at radius 3 is 2.48 bits per heavy atom. The number of rotatable bonds is 7. The van der Waals surface area contributed by atoms with Crippen LogP contribution in [0, 0.1) is 6.92 Å². The van der Waals surface area contributed by atoms with Crippen LogP contribution in [0.3, 0.4) is 0 Å². The molecule has 2 aromatic carbocycles. The lowest BCUT2D eigenvalue weighted by Gasteiger charge is -2.16. The van der Waals surface area contributed by atoms with E-state index >= 15 is 0 Å². The number of benzene rings is 2. The summed E-state index contributed by atoms with van der Waals surface area (Å²) in [6, 6.07) is 9.25. The van der Waals surface area contributed by atoms with Crippen LogP contribution in [0.2, 0.25) is 5.02 Å². The maximum absolute atomic E-state index is 12.7. The molecule has 5 heteroatoms. The van der Waals surface area contributed by atoms with E-state index in [1.54, 1.807) is 12.1 Å². The smallest absolute Gasteiger partial charge is 0.255 e. The molecule has 1 N–H and O–H groups in total. The zero-order valence-corrected chi connectivity index (χ0v) is 15.9. The fourth-order valence-electron chi connectivity index (χ4n) is 2.63. The summed E-state index contributed by atoms with van der Waals surface area (Å²) in [5, 5.41) is 3.36. The molecule has 4 nitrogen and oxygen atoms in total. The third-order valence-electron chi connectivity index (χ3n) is 3.84. The third kappa shape index (κ3) is 4.45. The van der Waals surface area contributed by atoms with Gasteiger partial charge in [0.2, 0.25) is 0 Å². The Labute approximate surface area is 154 Å². The Morgan fingerprint density at radius 2 is 1.84 bits per heavy atom. The molecular formula is C20H24ClNO3. The summed E-state index contributed by atoms with van der Waals surface area (Å²) in [5.41, 5.74) is 3.39. The molecule has 2 aromatic rings. The second kappa shape index (κ2) is 8.77. The summed E-state index contributed by atoms with van der Waals surface area (Å²) in [7, 11) is 0. The molecule has 0 atom stereocenters. The van der Waals surface area contributed by atoms with E-state index in [0.29, 0.717) is 35.3 Å². The van der Waals surface area contributed by atoms with Crippen molar-refractivity contribution in [1.29, 1.82) is 0 Å². The van der Waals surface area contributed by atoms with Crippen LogP contribution in [-0.2, 0) is 6.42 Å². The predicted molar refractivity (Wildman–Crippen MR) is 102 cm³/mol. The molecule has 25 heavy (non-hydrogen) atoms. The summed E-state index contributed by atoms with van der Waals surface area (Å²) in [5.74, 6) is 0.713. The van der Waals surface area contributed by atoms with Crippen molar-refractivity contribution in [2.24, 2.45) is 0 Å². The molecular weight excluding hydrogens is 338 g/mol. The monoisotopic (exact) mass is 361 g/mol. The number of carbonyl (C=O) groups excluding carboxylic acids is 1. The van der Waals surface area contributed by atoms with Gasteiger partial charge in [0.1, 0.15) is 0 Å². The lowest BCUT2D eigenvalue weighted by molar-refractivity contribution is 0.102. The van der Waals surface area contributed by atoms with Crippen molar-refractivity contribution < 1.29 is 14.3 Å². The number of hydrogen-bond acceptors (Lipinski definition) is 3. The van der Waals surface area contributed by atoms with E-state index in [2.05, 4.69) is 12.2 Å². The minimum absolute atomic E-state index is 0.227.